The second kappa shape index (κ2) is 5.60. The highest BCUT2D eigenvalue weighted by atomic mass is 35.5. The predicted octanol–water partition coefficient (Wildman–Crippen LogP) is 3.93. The molecule has 0 heterocycles. The lowest BCUT2D eigenvalue weighted by Gasteiger charge is -2.14. The molecule has 0 amide bonds. The van der Waals surface area contributed by atoms with Crippen LogP contribution in [0.25, 0.3) is 0 Å². The van der Waals surface area contributed by atoms with Gasteiger partial charge < -0.3 is 4.74 Å². The Hall–Kier alpha value is -1.94. The van der Waals surface area contributed by atoms with Crippen LogP contribution in [0, 0.1) is 5.82 Å². The number of hydrogen-bond donors (Lipinski definition) is 2. The maximum Gasteiger partial charge on any atom is 0.148 e. The molecule has 0 aliphatic heterocycles. The van der Waals surface area contributed by atoms with Crippen molar-refractivity contribution in [1.29, 1.82) is 0 Å². The fourth-order valence-electron chi connectivity index (χ4n) is 1.49. The van der Waals surface area contributed by atoms with Gasteiger partial charge in [0.25, 0.3) is 0 Å². The normalized spacial score (nSPS) is 9.94. The van der Waals surface area contributed by atoms with Crippen molar-refractivity contribution < 1.29 is 9.13 Å². The zero-order chi connectivity index (χ0) is 13.0. The quantitative estimate of drug-likeness (QED) is 0.823. The van der Waals surface area contributed by atoms with Gasteiger partial charge in [-0.2, -0.15) is 0 Å². The van der Waals surface area contributed by atoms with Gasteiger partial charge >= 0.3 is 0 Å². The molecule has 18 heavy (non-hydrogen) atoms. The van der Waals surface area contributed by atoms with Crippen molar-refractivity contribution in [2.75, 3.05) is 18.0 Å². The summed E-state index contributed by atoms with van der Waals surface area (Å²) in [5.41, 5.74) is 6.49. The summed E-state index contributed by atoms with van der Waals surface area (Å²) in [6.07, 6.45) is 0. The Morgan fingerprint density at radius 3 is 2.56 bits per heavy atom. The van der Waals surface area contributed by atoms with E-state index in [0.29, 0.717) is 22.1 Å². The molecule has 2 aromatic carbocycles. The van der Waals surface area contributed by atoms with Crippen LogP contribution in [0.15, 0.2) is 42.5 Å². The van der Waals surface area contributed by atoms with Crippen LogP contribution >= 0.6 is 11.6 Å². The lowest BCUT2D eigenvalue weighted by Crippen LogP contribution is -2.11. The van der Waals surface area contributed by atoms with Crippen molar-refractivity contribution in [2.45, 2.75) is 0 Å². The average Bonchev–Trinajstić information content (AvgIpc) is 2.39. The monoisotopic (exact) mass is 266 g/mol. The molecular formula is C13H12ClFN2O. The molecule has 2 rings (SSSR count). The third-order valence-corrected chi connectivity index (χ3v) is 2.71. The number of nitrogens with one attached hydrogen (secondary N) is 2. The zero-order valence-corrected chi connectivity index (χ0v) is 10.5. The van der Waals surface area contributed by atoms with Gasteiger partial charge in [-0.1, -0.05) is 29.8 Å². The third kappa shape index (κ3) is 2.65. The minimum Gasteiger partial charge on any atom is -0.494 e. The Morgan fingerprint density at radius 1 is 1.06 bits per heavy atom. The Kier molecular flexibility index (Phi) is 3.89. The second-order valence-corrected chi connectivity index (χ2v) is 3.95. The number of benzene rings is 2. The molecule has 0 fully saturated rings. The van der Waals surface area contributed by atoms with E-state index in [9.17, 15) is 4.39 Å². The molecule has 0 bridgehead atoms. The standard InChI is InChI=1S/C13H12ClFN2O/c1-18-12-8-4-5-9(14)13(12)17-16-11-7-3-2-6-10(11)15/h2-8,16-17H,1H3. The number of hydrazine groups is 1. The summed E-state index contributed by atoms with van der Waals surface area (Å²) in [5, 5.41) is 0.484. The number of halogens is 2. The summed E-state index contributed by atoms with van der Waals surface area (Å²) in [6, 6.07) is 11.6. The van der Waals surface area contributed by atoms with Gasteiger partial charge in [0, 0.05) is 0 Å². The lowest BCUT2D eigenvalue weighted by atomic mass is 10.3. The van der Waals surface area contributed by atoms with Crippen LogP contribution in [0.4, 0.5) is 15.8 Å². The van der Waals surface area contributed by atoms with E-state index in [1.54, 1.807) is 43.5 Å². The van der Waals surface area contributed by atoms with Crippen molar-refractivity contribution in [1.82, 2.24) is 0 Å². The Balaban J connectivity index is 2.18. The van der Waals surface area contributed by atoms with E-state index in [1.165, 1.54) is 6.07 Å². The van der Waals surface area contributed by atoms with Crippen molar-refractivity contribution in [3.8, 4) is 5.75 Å². The average molecular weight is 267 g/mol. The molecule has 94 valence electrons. The molecular weight excluding hydrogens is 255 g/mol. The van der Waals surface area contributed by atoms with Gasteiger partial charge in [0.15, 0.2) is 0 Å². The highest BCUT2D eigenvalue weighted by Crippen LogP contribution is 2.32. The molecule has 0 aliphatic rings. The van der Waals surface area contributed by atoms with Gasteiger partial charge in [0.1, 0.15) is 17.3 Å². The largest absolute Gasteiger partial charge is 0.494 e. The maximum atomic E-state index is 13.4. The molecule has 2 N–H and O–H groups in total. The first-order valence-corrected chi connectivity index (χ1v) is 5.69. The van der Waals surface area contributed by atoms with Gasteiger partial charge in [0.2, 0.25) is 0 Å². The molecule has 5 heteroatoms. The highest BCUT2D eigenvalue weighted by molar-refractivity contribution is 6.33. The molecule has 0 aromatic heterocycles. The second-order valence-electron chi connectivity index (χ2n) is 3.55. The summed E-state index contributed by atoms with van der Waals surface area (Å²) >= 11 is 6.04. The topological polar surface area (TPSA) is 33.3 Å². The number of para-hydroxylation sites is 2. The molecule has 2 aromatic rings. The van der Waals surface area contributed by atoms with Gasteiger partial charge in [-0.15, -0.1) is 0 Å². The van der Waals surface area contributed by atoms with Crippen molar-refractivity contribution >= 4 is 23.0 Å². The third-order valence-electron chi connectivity index (χ3n) is 2.39. The summed E-state index contributed by atoms with van der Waals surface area (Å²) < 4.78 is 18.6. The SMILES string of the molecule is COc1cccc(Cl)c1NNc1ccccc1F. The molecule has 0 saturated carbocycles. The highest BCUT2D eigenvalue weighted by Gasteiger charge is 2.07. The zero-order valence-electron chi connectivity index (χ0n) is 9.71. The Labute approximate surface area is 110 Å². The Bertz CT molecular complexity index is 548. The molecule has 0 atom stereocenters. The minimum absolute atomic E-state index is 0.333. The molecule has 3 nitrogen and oxygen atoms in total. The first kappa shape index (κ1) is 12.5. The van der Waals surface area contributed by atoms with Crippen LogP contribution in [0.3, 0.4) is 0 Å². The minimum atomic E-state index is -0.351. The smallest absolute Gasteiger partial charge is 0.148 e. The van der Waals surface area contributed by atoms with Crippen LogP contribution in [0.5, 0.6) is 5.75 Å². The fourth-order valence-corrected chi connectivity index (χ4v) is 1.70. The number of ether oxygens (including phenoxy) is 1. The molecule has 0 radical (unpaired) electrons. The van der Waals surface area contributed by atoms with Gasteiger partial charge in [-0.05, 0) is 24.3 Å². The molecule has 0 aliphatic carbocycles. The molecule has 0 unspecified atom stereocenters. The summed E-state index contributed by atoms with van der Waals surface area (Å²) in [5.74, 6) is 0.224. The van der Waals surface area contributed by atoms with Crippen LogP contribution in [0.2, 0.25) is 5.02 Å². The number of hydrogen-bond acceptors (Lipinski definition) is 3. The lowest BCUT2D eigenvalue weighted by molar-refractivity contribution is 0.416. The first-order chi connectivity index (χ1) is 8.72. The van der Waals surface area contributed by atoms with E-state index in [-0.39, 0.29) is 5.82 Å². The van der Waals surface area contributed by atoms with E-state index in [2.05, 4.69) is 10.9 Å². The van der Waals surface area contributed by atoms with Crippen molar-refractivity contribution in [3.63, 3.8) is 0 Å². The van der Waals surface area contributed by atoms with Crippen molar-refractivity contribution in [2.24, 2.45) is 0 Å². The van der Waals surface area contributed by atoms with E-state index < -0.39 is 0 Å². The summed E-state index contributed by atoms with van der Waals surface area (Å²) in [7, 11) is 1.54. The van der Waals surface area contributed by atoms with E-state index in [4.69, 9.17) is 16.3 Å². The van der Waals surface area contributed by atoms with Crippen LogP contribution in [-0.4, -0.2) is 7.11 Å². The molecule has 0 spiro atoms. The summed E-state index contributed by atoms with van der Waals surface area (Å²) in [4.78, 5) is 0. The van der Waals surface area contributed by atoms with Crippen LogP contribution in [0.1, 0.15) is 0 Å². The van der Waals surface area contributed by atoms with Gasteiger partial charge in [-0.25, -0.2) is 4.39 Å². The Morgan fingerprint density at radius 2 is 1.83 bits per heavy atom. The summed E-state index contributed by atoms with van der Waals surface area (Å²) in [6.45, 7) is 0. The van der Waals surface area contributed by atoms with Crippen LogP contribution < -0.4 is 15.6 Å². The van der Waals surface area contributed by atoms with E-state index >= 15 is 0 Å². The predicted molar refractivity (Wildman–Crippen MR) is 71.6 cm³/mol. The fraction of sp³-hybridized carbons (Fsp3) is 0.0769. The van der Waals surface area contributed by atoms with Crippen LogP contribution in [-0.2, 0) is 0 Å². The number of methoxy groups -OCH3 is 1. The van der Waals surface area contributed by atoms with Crippen molar-refractivity contribution in [3.05, 3.63) is 53.3 Å². The number of rotatable bonds is 4. The van der Waals surface area contributed by atoms with Gasteiger partial charge in [-0.3, -0.25) is 10.9 Å². The first-order valence-electron chi connectivity index (χ1n) is 5.31. The number of anilines is 2. The maximum absolute atomic E-state index is 13.4. The van der Waals surface area contributed by atoms with E-state index in [1.807, 2.05) is 0 Å². The molecule has 0 saturated heterocycles. The van der Waals surface area contributed by atoms with E-state index in [0.717, 1.165) is 0 Å². The van der Waals surface area contributed by atoms with Gasteiger partial charge in [0.05, 0.1) is 17.8 Å².